The molecule has 0 unspecified atom stereocenters. The number of esters is 1. The molecule has 3 aromatic rings. The number of anilines is 1. The molecule has 0 aliphatic heterocycles. The number of nitrogens with one attached hydrogen (secondary N) is 2. The van der Waals surface area contributed by atoms with Crippen LogP contribution in [-0.4, -0.2) is 35.5 Å². The first kappa shape index (κ1) is 24.0. The van der Waals surface area contributed by atoms with Crippen molar-refractivity contribution in [3.63, 3.8) is 0 Å². The average molecular weight is 468 g/mol. The maximum atomic E-state index is 13.0. The van der Waals surface area contributed by atoms with E-state index < -0.39 is 17.9 Å². The summed E-state index contributed by atoms with van der Waals surface area (Å²) in [7, 11) is 0. The molecule has 0 fully saturated rings. The van der Waals surface area contributed by atoms with Gasteiger partial charge in [-0.3, -0.25) is 15.2 Å². The number of aromatic nitrogens is 1. The summed E-state index contributed by atoms with van der Waals surface area (Å²) in [4.78, 5) is 29.9. The number of halogens is 1. The highest BCUT2D eigenvalue weighted by atomic mass is 35.5. The maximum absolute atomic E-state index is 13.0. The van der Waals surface area contributed by atoms with E-state index in [4.69, 9.17) is 27.7 Å². The zero-order valence-corrected chi connectivity index (χ0v) is 19.2. The van der Waals surface area contributed by atoms with E-state index in [1.54, 1.807) is 24.4 Å². The van der Waals surface area contributed by atoms with Crippen LogP contribution in [0.5, 0.6) is 0 Å². The number of amides is 1. The van der Waals surface area contributed by atoms with Gasteiger partial charge in [0.15, 0.2) is 0 Å². The highest BCUT2D eigenvalue weighted by Gasteiger charge is 2.24. The Hall–Kier alpha value is -3.65. The lowest BCUT2D eigenvalue weighted by Gasteiger charge is -2.19. The van der Waals surface area contributed by atoms with Crippen LogP contribution in [0.3, 0.4) is 0 Å². The Morgan fingerprint density at radius 1 is 1.18 bits per heavy atom. The Morgan fingerprint density at radius 3 is 2.58 bits per heavy atom. The number of guanidine groups is 1. The molecule has 9 heteroatoms. The van der Waals surface area contributed by atoms with E-state index in [-0.39, 0.29) is 18.5 Å². The number of hydrogen-bond donors (Lipinski definition) is 3. The standard InChI is InChI=1S/C24H26ClN5O3/c1-15(2)14-33-23(32)20(10-16-6-4-3-5-7-16)29-22(31)17-8-9-19-18(11-17)12-28-13-21(19)30(25)24(26)27/h3-9,11-13,15,20H,10,14H2,1-2H3,(H3,26,27)(H,29,31)/t20-/m0/s1. The molecule has 0 bridgehead atoms. The molecule has 0 saturated heterocycles. The molecule has 0 aliphatic carbocycles. The summed E-state index contributed by atoms with van der Waals surface area (Å²) >= 11 is 6.07. The number of carbonyl (C=O) groups excluding carboxylic acids is 2. The third-order valence-electron chi connectivity index (χ3n) is 4.85. The zero-order chi connectivity index (χ0) is 24.0. The normalized spacial score (nSPS) is 11.8. The minimum absolute atomic E-state index is 0.181. The van der Waals surface area contributed by atoms with Crippen molar-refractivity contribution in [1.82, 2.24) is 10.3 Å². The molecule has 4 N–H and O–H groups in total. The molecule has 1 heterocycles. The van der Waals surface area contributed by atoms with E-state index in [2.05, 4.69) is 10.3 Å². The number of carbonyl (C=O) groups is 2. The number of benzene rings is 2. The SMILES string of the molecule is CC(C)COC(=O)[C@H](Cc1ccccc1)NC(=O)c1ccc2c(N(Cl)C(=N)N)cncc2c1. The van der Waals surface area contributed by atoms with Crippen LogP contribution in [0.4, 0.5) is 5.69 Å². The molecule has 2 aromatic carbocycles. The van der Waals surface area contributed by atoms with E-state index in [9.17, 15) is 9.59 Å². The summed E-state index contributed by atoms with van der Waals surface area (Å²) in [6.45, 7) is 4.17. The largest absolute Gasteiger partial charge is 0.464 e. The number of hydrogen-bond acceptors (Lipinski definition) is 5. The van der Waals surface area contributed by atoms with E-state index in [1.807, 2.05) is 44.2 Å². The summed E-state index contributed by atoms with van der Waals surface area (Å²) in [6.07, 6.45) is 3.37. The fraction of sp³-hybridized carbons (Fsp3) is 0.250. The van der Waals surface area contributed by atoms with Crippen LogP contribution in [0.2, 0.25) is 0 Å². The molecule has 1 atom stereocenters. The van der Waals surface area contributed by atoms with Gasteiger partial charge in [-0.1, -0.05) is 50.2 Å². The van der Waals surface area contributed by atoms with Crippen LogP contribution in [0.15, 0.2) is 60.9 Å². The molecule has 0 spiro atoms. The van der Waals surface area contributed by atoms with Crippen LogP contribution in [0, 0.1) is 11.3 Å². The second-order valence-corrected chi connectivity index (χ2v) is 8.34. The van der Waals surface area contributed by atoms with Crippen LogP contribution in [0.25, 0.3) is 10.8 Å². The number of ether oxygens (including phenoxy) is 1. The quantitative estimate of drug-likeness (QED) is 0.201. The Kier molecular flexibility index (Phi) is 7.84. The van der Waals surface area contributed by atoms with E-state index >= 15 is 0 Å². The van der Waals surface area contributed by atoms with Crippen molar-refractivity contribution >= 4 is 46.1 Å². The van der Waals surface area contributed by atoms with Gasteiger partial charge in [0, 0.05) is 40.7 Å². The van der Waals surface area contributed by atoms with Crippen molar-refractivity contribution in [3.8, 4) is 0 Å². The number of rotatable bonds is 8. The summed E-state index contributed by atoms with van der Waals surface area (Å²) in [5.74, 6) is -1.07. The molecule has 1 amide bonds. The molecule has 33 heavy (non-hydrogen) atoms. The molecule has 1 aromatic heterocycles. The molecule has 0 aliphatic rings. The molecule has 3 rings (SSSR count). The Morgan fingerprint density at radius 2 is 1.91 bits per heavy atom. The molecular weight excluding hydrogens is 442 g/mol. The van der Waals surface area contributed by atoms with Gasteiger partial charge in [0.05, 0.1) is 18.5 Å². The monoisotopic (exact) mass is 467 g/mol. The lowest BCUT2D eigenvalue weighted by Crippen LogP contribution is -2.43. The van der Waals surface area contributed by atoms with Gasteiger partial charge >= 0.3 is 5.97 Å². The van der Waals surface area contributed by atoms with Gasteiger partial charge in [0.2, 0.25) is 5.96 Å². The van der Waals surface area contributed by atoms with Crippen LogP contribution in [-0.2, 0) is 16.0 Å². The van der Waals surface area contributed by atoms with Crippen molar-refractivity contribution in [1.29, 1.82) is 5.41 Å². The smallest absolute Gasteiger partial charge is 0.329 e. The van der Waals surface area contributed by atoms with E-state index in [0.717, 1.165) is 9.98 Å². The molecule has 0 saturated carbocycles. The van der Waals surface area contributed by atoms with Crippen molar-refractivity contribution in [2.75, 3.05) is 11.0 Å². The van der Waals surface area contributed by atoms with Crippen LogP contribution >= 0.6 is 11.8 Å². The van der Waals surface area contributed by atoms with Crippen molar-refractivity contribution in [2.45, 2.75) is 26.3 Å². The minimum Gasteiger partial charge on any atom is -0.464 e. The summed E-state index contributed by atoms with van der Waals surface area (Å²) < 4.78 is 6.38. The van der Waals surface area contributed by atoms with Crippen molar-refractivity contribution in [2.24, 2.45) is 11.7 Å². The second kappa shape index (κ2) is 10.8. The first-order valence-electron chi connectivity index (χ1n) is 10.5. The van der Waals surface area contributed by atoms with Crippen molar-refractivity contribution in [3.05, 3.63) is 72.1 Å². The number of nitrogens with zero attached hydrogens (tertiary/aromatic N) is 2. The first-order valence-corrected chi connectivity index (χ1v) is 10.8. The van der Waals surface area contributed by atoms with Crippen LogP contribution < -0.4 is 15.5 Å². The van der Waals surface area contributed by atoms with Gasteiger partial charge in [-0.15, -0.1) is 0 Å². The molecular formula is C24H26ClN5O3. The lowest BCUT2D eigenvalue weighted by atomic mass is 10.0. The Bertz CT molecular complexity index is 1150. The van der Waals surface area contributed by atoms with Gasteiger partial charge in [-0.05, 0) is 23.6 Å². The van der Waals surface area contributed by atoms with Gasteiger partial charge in [-0.2, -0.15) is 0 Å². The number of pyridine rings is 1. The number of fused-ring (bicyclic) bond motifs is 1. The fourth-order valence-electron chi connectivity index (χ4n) is 3.22. The lowest BCUT2D eigenvalue weighted by molar-refractivity contribution is -0.147. The first-order chi connectivity index (χ1) is 15.8. The molecule has 172 valence electrons. The van der Waals surface area contributed by atoms with Gasteiger partial charge in [-0.25, -0.2) is 9.21 Å². The highest BCUT2D eigenvalue weighted by molar-refractivity contribution is 6.38. The fourth-order valence-corrected chi connectivity index (χ4v) is 3.36. The second-order valence-electron chi connectivity index (χ2n) is 8.00. The highest BCUT2D eigenvalue weighted by Crippen LogP contribution is 2.27. The van der Waals surface area contributed by atoms with Gasteiger partial charge < -0.3 is 15.8 Å². The minimum atomic E-state index is -0.838. The van der Waals surface area contributed by atoms with Gasteiger partial charge in [0.1, 0.15) is 6.04 Å². The Labute approximate surface area is 197 Å². The topological polar surface area (TPSA) is 121 Å². The van der Waals surface area contributed by atoms with E-state index in [0.29, 0.717) is 28.4 Å². The average Bonchev–Trinajstić information content (AvgIpc) is 2.81. The van der Waals surface area contributed by atoms with E-state index in [1.165, 1.54) is 6.20 Å². The van der Waals surface area contributed by atoms with Crippen molar-refractivity contribution < 1.29 is 14.3 Å². The predicted octanol–water partition coefficient (Wildman–Crippen LogP) is 3.63. The third kappa shape index (κ3) is 6.20. The van der Waals surface area contributed by atoms with Gasteiger partial charge in [0.25, 0.3) is 5.91 Å². The summed E-state index contributed by atoms with van der Waals surface area (Å²) in [5.41, 5.74) is 7.15. The predicted molar refractivity (Wildman–Crippen MR) is 129 cm³/mol. The summed E-state index contributed by atoms with van der Waals surface area (Å²) in [5, 5.41) is 11.6. The summed E-state index contributed by atoms with van der Waals surface area (Å²) in [6, 6.07) is 13.6. The number of nitrogens with two attached hydrogens (primary N) is 1. The molecule has 0 radical (unpaired) electrons. The van der Waals surface area contributed by atoms with Crippen LogP contribution in [0.1, 0.15) is 29.8 Å². The Balaban J connectivity index is 1.84. The third-order valence-corrected chi connectivity index (χ3v) is 5.22. The molecule has 8 nitrogen and oxygen atoms in total. The zero-order valence-electron chi connectivity index (χ0n) is 18.4. The maximum Gasteiger partial charge on any atom is 0.329 e.